The minimum Gasteiger partial charge on any atom is -0.508 e. The Morgan fingerprint density at radius 2 is 1.92 bits per heavy atom. The summed E-state index contributed by atoms with van der Waals surface area (Å²) in [4.78, 5) is 31.8. The molecule has 0 aliphatic carbocycles. The Labute approximate surface area is 212 Å². The van der Waals surface area contributed by atoms with Crippen molar-refractivity contribution >= 4 is 23.4 Å². The quantitative estimate of drug-likeness (QED) is 0.492. The lowest BCUT2D eigenvalue weighted by Gasteiger charge is -2.25. The smallest absolute Gasteiger partial charge is 0.338 e. The highest BCUT2D eigenvalue weighted by Gasteiger charge is 2.34. The van der Waals surface area contributed by atoms with E-state index in [-0.39, 0.29) is 24.0 Å². The molecule has 9 heteroatoms. The molecule has 4 rings (SSSR count). The Morgan fingerprint density at radius 3 is 2.56 bits per heavy atom. The molecule has 0 unspecified atom stereocenters. The van der Waals surface area contributed by atoms with Crippen LogP contribution in [0.4, 0.5) is 0 Å². The van der Waals surface area contributed by atoms with Crippen molar-refractivity contribution in [3.8, 4) is 17.2 Å². The Morgan fingerprint density at radius 1 is 1.19 bits per heavy atom. The number of phenolic OH excluding ortho intramolecular Hbond substituents is 1. The monoisotopic (exact) mass is 508 g/mol. The van der Waals surface area contributed by atoms with Crippen LogP contribution in [-0.4, -0.2) is 35.5 Å². The summed E-state index contributed by atoms with van der Waals surface area (Å²) in [6, 6.07) is 11.2. The number of rotatable bonds is 7. The maximum Gasteiger partial charge on any atom is 0.338 e. The van der Waals surface area contributed by atoms with Crippen molar-refractivity contribution in [1.29, 1.82) is 0 Å². The number of hydrogen-bond acceptors (Lipinski definition) is 8. The van der Waals surface area contributed by atoms with Crippen molar-refractivity contribution in [2.75, 3.05) is 13.7 Å². The average molecular weight is 509 g/mol. The average Bonchev–Trinajstić information content (AvgIpc) is 3.14. The van der Waals surface area contributed by atoms with Gasteiger partial charge in [-0.3, -0.25) is 9.36 Å². The topological polar surface area (TPSA) is 99.4 Å². The molecule has 1 aromatic heterocycles. The van der Waals surface area contributed by atoms with E-state index in [1.807, 2.05) is 19.9 Å². The van der Waals surface area contributed by atoms with E-state index in [1.165, 1.54) is 15.9 Å². The summed E-state index contributed by atoms with van der Waals surface area (Å²) in [6.45, 7) is 7.51. The van der Waals surface area contributed by atoms with Gasteiger partial charge in [0.1, 0.15) is 5.75 Å². The number of carbonyl (C=O) groups is 1. The number of thiazole rings is 1. The first kappa shape index (κ1) is 25.2. The lowest BCUT2D eigenvalue weighted by molar-refractivity contribution is -0.139. The van der Waals surface area contributed by atoms with Crippen LogP contribution < -0.4 is 24.4 Å². The van der Waals surface area contributed by atoms with Gasteiger partial charge in [0.15, 0.2) is 16.3 Å². The van der Waals surface area contributed by atoms with Crippen molar-refractivity contribution in [3.05, 3.63) is 84.5 Å². The molecule has 1 atom stereocenters. The number of allylic oxidation sites excluding steroid dienone is 1. The molecule has 1 N–H and O–H groups in total. The van der Waals surface area contributed by atoms with Gasteiger partial charge in [-0.05, 0) is 69.2 Å². The van der Waals surface area contributed by atoms with E-state index in [0.29, 0.717) is 37.7 Å². The highest BCUT2D eigenvalue weighted by Crippen LogP contribution is 2.36. The maximum absolute atomic E-state index is 13.7. The third-order valence-corrected chi connectivity index (χ3v) is 6.56. The number of ether oxygens (including phenoxy) is 3. The van der Waals surface area contributed by atoms with Gasteiger partial charge in [-0.1, -0.05) is 29.5 Å². The van der Waals surface area contributed by atoms with Crippen LogP contribution in [0.1, 0.15) is 44.9 Å². The van der Waals surface area contributed by atoms with Gasteiger partial charge in [-0.15, -0.1) is 0 Å². The fourth-order valence-corrected chi connectivity index (χ4v) is 5.08. The fraction of sp³-hybridized carbons (Fsp3) is 0.296. The molecule has 0 bridgehead atoms. The molecular formula is C27H28N2O6S. The first-order valence-electron chi connectivity index (χ1n) is 11.6. The number of aromatic nitrogens is 1. The zero-order valence-electron chi connectivity index (χ0n) is 20.8. The SMILES string of the molecule is CCOC(=O)C1=C(C)N=c2s/c(=C\c3ccc(O)cc3)c(=O)n2[C@@H]1c1ccc(OC(C)C)c(OC)c1. The second kappa shape index (κ2) is 10.4. The molecule has 0 saturated carbocycles. The Bertz CT molecular complexity index is 1500. The zero-order valence-corrected chi connectivity index (χ0v) is 21.6. The molecule has 1 aliphatic rings. The second-order valence-corrected chi connectivity index (χ2v) is 9.48. The highest BCUT2D eigenvalue weighted by atomic mass is 32.1. The third kappa shape index (κ3) is 4.92. The Kier molecular flexibility index (Phi) is 7.30. The van der Waals surface area contributed by atoms with E-state index in [1.54, 1.807) is 63.4 Å². The standard InChI is InChI=1S/C27H28N2O6S/c1-6-34-26(32)23-16(4)28-27-29(25(31)22(36-27)13-17-7-10-19(30)11-8-17)24(23)18-9-12-20(35-15(2)3)21(14-18)33-5/h7-15,24,30H,6H2,1-5H3/b22-13-/t24-/m1/s1. The largest absolute Gasteiger partial charge is 0.508 e. The number of methoxy groups -OCH3 is 1. The third-order valence-electron chi connectivity index (χ3n) is 5.57. The van der Waals surface area contributed by atoms with E-state index in [0.717, 1.165) is 5.56 Å². The van der Waals surface area contributed by atoms with Crippen LogP contribution in [0, 0.1) is 0 Å². The van der Waals surface area contributed by atoms with Gasteiger partial charge in [0, 0.05) is 0 Å². The normalized spacial score (nSPS) is 15.5. The van der Waals surface area contributed by atoms with Crippen LogP contribution in [0.25, 0.3) is 6.08 Å². The van der Waals surface area contributed by atoms with Gasteiger partial charge in [-0.2, -0.15) is 0 Å². The number of aromatic hydroxyl groups is 1. The molecule has 2 aromatic carbocycles. The molecule has 0 fully saturated rings. The number of hydrogen-bond donors (Lipinski definition) is 1. The van der Waals surface area contributed by atoms with Gasteiger partial charge >= 0.3 is 5.97 Å². The van der Waals surface area contributed by atoms with E-state index in [9.17, 15) is 14.7 Å². The molecule has 2 heterocycles. The van der Waals surface area contributed by atoms with Crippen molar-refractivity contribution in [1.82, 2.24) is 4.57 Å². The number of phenols is 1. The van der Waals surface area contributed by atoms with E-state index < -0.39 is 12.0 Å². The van der Waals surface area contributed by atoms with Crippen molar-refractivity contribution in [2.24, 2.45) is 4.99 Å². The maximum atomic E-state index is 13.7. The molecule has 0 radical (unpaired) electrons. The predicted molar refractivity (Wildman–Crippen MR) is 137 cm³/mol. The number of esters is 1. The zero-order chi connectivity index (χ0) is 26.0. The van der Waals surface area contributed by atoms with Crippen LogP contribution in [-0.2, 0) is 9.53 Å². The van der Waals surface area contributed by atoms with Crippen molar-refractivity contribution < 1.29 is 24.1 Å². The molecule has 8 nitrogen and oxygen atoms in total. The fourth-order valence-electron chi connectivity index (χ4n) is 4.03. The molecule has 0 amide bonds. The summed E-state index contributed by atoms with van der Waals surface area (Å²) in [6.07, 6.45) is 1.68. The number of benzene rings is 2. The van der Waals surface area contributed by atoms with Crippen LogP contribution in [0.5, 0.6) is 17.2 Å². The molecule has 3 aromatic rings. The van der Waals surface area contributed by atoms with Crippen LogP contribution >= 0.6 is 11.3 Å². The number of carbonyl (C=O) groups excluding carboxylic acids is 1. The van der Waals surface area contributed by atoms with Gasteiger partial charge in [-0.25, -0.2) is 9.79 Å². The summed E-state index contributed by atoms with van der Waals surface area (Å²) in [5.41, 5.74) is 1.91. The van der Waals surface area contributed by atoms with Gasteiger partial charge in [0.05, 0.1) is 41.7 Å². The van der Waals surface area contributed by atoms with Gasteiger partial charge in [0.2, 0.25) is 0 Å². The minimum atomic E-state index is -0.760. The molecule has 36 heavy (non-hydrogen) atoms. The number of nitrogens with zero attached hydrogens (tertiary/aromatic N) is 2. The summed E-state index contributed by atoms with van der Waals surface area (Å²) in [7, 11) is 1.54. The van der Waals surface area contributed by atoms with E-state index >= 15 is 0 Å². The summed E-state index contributed by atoms with van der Waals surface area (Å²) >= 11 is 1.24. The summed E-state index contributed by atoms with van der Waals surface area (Å²) in [5, 5.41) is 9.57. The molecule has 1 aliphatic heterocycles. The molecule has 0 saturated heterocycles. The van der Waals surface area contributed by atoms with Crippen LogP contribution in [0.3, 0.4) is 0 Å². The second-order valence-electron chi connectivity index (χ2n) is 8.47. The van der Waals surface area contributed by atoms with E-state index in [2.05, 4.69) is 4.99 Å². The molecular weight excluding hydrogens is 480 g/mol. The van der Waals surface area contributed by atoms with E-state index in [4.69, 9.17) is 14.2 Å². The van der Waals surface area contributed by atoms with Crippen molar-refractivity contribution in [3.63, 3.8) is 0 Å². The highest BCUT2D eigenvalue weighted by molar-refractivity contribution is 7.07. The van der Waals surface area contributed by atoms with Gasteiger partial charge in [0.25, 0.3) is 5.56 Å². The summed E-state index contributed by atoms with van der Waals surface area (Å²) in [5.74, 6) is 0.667. The van der Waals surface area contributed by atoms with Gasteiger partial charge < -0.3 is 19.3 Å². The summed E-state index contributed by atoms with van der Waals surface area (Å²) < 4.78 is 18.7. The van der Waals surface area contributed by atoms with Crippen LogP contribution in [0.2, 0.25) is 0 Å². The first-order chi connectivity index (χ1) is 17.2. The first-order valence-corrected chi connectivity index (χ1v) is 12.4. The molecule has 188 valence electrons. The Balaban J connectivity index is 1.94. The Hall–Kier alpha value is -3.85. The lowest BCUT2D eigenvalue weighted by atomic mass is 9.95. The number of fused-ring (bicyclic) bond motifs is 1. The lowest BCUT2D eigenvalue weighted by Crippen LogP contribution is -2.40. The molecule has 0 spiro atoms. The van der Waals surface area contributed by atoms with Crippen molar-refractivity contribution in [2.45, 2.75) is 39.8 Å². The minimum absolute atomic E-state index is 0.0560. The predicted octanol–water partition coefficient (Wildman–Crippen LogP) is 3.30. The van der Waals surface area contributed by atoms with Crippen LogP contribution in [0.15, 0.2) is 63.5 Å².